The first kappa shape index (κ1) is 12.3. The van der Waals surface area contributed by atoms with Gasteiger partial charge in [0.25, 0.3) is 4.60 Å². The van der Waals surface area contributed by atoms with Crippen LogP contribution in [-0.4, -0.2) is 7.25 Å². The first-order valence-electron chi connectivity index (χ1n) is 3.00. The van der Waals surface area contributed by atoms with Crippen LogP contribution in [0.5, 0.6) is 0 Å². The minimum absolute atomic E-state index is 0.431. The van der Waals surface area contributed by atoms with E-state index in [1.165, 1.54) is 6.20 Å². The number of hydrogen-bond acceptors (Lipinski definition) is 0. The molecule has 1 rings (SSSR count). The van der Waals surface area contributed by atoms with E-state index in [4.69, 9.17) is 0 Å². The van der Waals surface area contributed by atoms with Gasteiger partial charge in [-0.05, 0) is 6.07 Å². The summed E-state index contributed by atoms with van der Waals surface area (Å²) in [4.78, 5) is 0.500. The van der Waals surface area contributed by atoms with Gasteiger partial charge in [-0.1, -0.05) is 0 Å². The molecule has 0 fully saturated rings. The first-order chi connectivity index (χ1) is 5.80. The fourth-order valence-corrected chi connectivity index (χ4v) is 0.673. The van der Waals surface area contributed by atoms with Gasteiger partial charge in [-0.15, -0.1) is 0 Å². The van der Waals surface area contributed by atoms with E-state index in [2.05, 4.69) is 15.9 Å². The van der Waals surface area contributed by atoms with Crippen LogP contribution in [0, 0.1) is 0 Å². The van der Waals surface area contributed by atoms with Gasteiger partial charge in [-0.25, -0.2) is 0 Å². The first-order valence-corrected chi connectivity index (χ1v) is 3.79. The Bertz CT molecular complexity index is 238. The molecular weight excluding hydrogens is 260 g/mol. The zero-order valence-electron chi connectivity index (χ0n) is 6.10. The maximum atomic E-state index is 12.2. The van der Waals surface area contributed by atoms with Crippen molar-refractivity contribution in [3.63, 3.8) is 0 Å². The summed E-state index contributed by atoms with van der Waals surface area (Å²) in [5, 5.41) is 0. The van der Waals surface area contributed by atoms with Gasteiger partial charge < -0.3 is 17.3 Å². The van der Waals surface area contributed by atoms with Crippen molar-refractivity contribution in [2.75, 3.05) is 0 Å². The van der Waals surface area contributed by atoms with Crippen LogP contribution in [0.4, 0.5) is 21.7 Å². The Morgan fingerprint density at radius 1 is 1.15 bits per heavy atom. The lowest BCUT2D eigenvalue weighted by Gasteiger charge is -1.94. The molecule has 8 heteroatoms. The third-order valence-corrected chi connectivity index (χ3v) is 1.37. The van der Waals surface area contributed by atoms with Crippen LogP contribution in [0.2, 0.25) is 0 Å². The molecule has 0 unspecified atom stereocenters. The Morgan fingerprint density at radius 2 is 1.62 bits per heavy atom. The molecule has 1 nitrogen and oxygen atoms in total. The molecule has 0 saturated heterocycles. The number of hydrogen-bond donors (Lipinski definition) is 0. The lowest BCUT2D eigenvalue weighted by atomic mass is 10.3. The number of nitrogens with zero attached hydrogens (tertiary/aromatic N) is 1. The summed E-state index contributed by atoms with van der Waals surface area (Å²) in [6, 6.07) is 4.99. The second-order valence-electron chi connectivity index (χ2n) is 1.83. The molecule has 0 saturated carbocycles. The summed E-state index contributed by atoms with van der Waals surface area (Å²) in [5.41, 5.74) is 0. The third-order valence-electron chi connectivity index (χ3n) is 0.766. The SMILES string of the molecule is F[B-](F)(F)F.F[n+]1ccccc1Br. The van der Waals surface area contributed by atoms with E-state index in [9.17, 15) is 21.7 Å². The van der Waals surface area contributed by atoms with Gasteiger partial charge in [0.2, 0.25) is 6.20 Å². The van der Waals surface area contributed by atoms with Crippen molar-refractivity contribution in [1.82, 2.24) is 0 Å². The minimum Gasteiger partial charge on any atom is -0.418 e. The van der Waals surface area contributed by atoms with E-state index in [1.807, 2.05) is 0 Å². The summed E-state index contributed by atoms with van der Waals surface area (Å²) in [7, 11) is -6.00. The van der Waals surface area contributed by atoms with Crippen molar-refractivity contribution >= 4 is 23.2 Å². The summed E-state index contributed by atoms with van der Waals surface area (Å²) >= 11 is 2.98. The highest BCUT2D eigenvalue weighted by atomic mass is 79.9. The van der Waals surface area contributed by atoms with Gasteiger partial charge in [0, 0.05) is 32.9 Å². The summed E-state index contributed by atoms with van der Waals surface area (Å²) < 4.78 is 51.6. The Hall–Kier alpha value is -0.655. The molecule has 0 spiro atoms. The second-order valence-corrected chi connectivity index (χ2v) is 2.64. The maximum Gasteiger partial charge on any atom is 0.673 e. The van der Waals surface area contributed by atoms with E-state index in [-0.39, 0.29) is 0 Å². The Balaban J connectivity index is 0.000000252. The van der Waals surface area contributed by atoms with Gasteiger partial charge in [-0.2, -0.15) is 0 Å². The standard InChI is InChI=1S/C5H4BrFN.BF4/c6-5-3-1-2-4-8(5)7;2-1(3,4)5/h1-4H;/q+1;-1. The summed E-state index contributed by atoms with van der Waals surface area (Å²) in [5.74, 6) is 0. The Labute approximate surface area is 79.4 Å². The fourth-order valence-electron chi connectivity index (χ4n) is 0.403. The summed E-state index contributed by atoms with van der Waals surface area (Å²) in [6.07, 6.45) is 1.32. The van der Waals surface area contributed by atoms with Crippen LogP contribution in [0.15, 0.2) is 29.0 Å². The van der Waals surface area contributed by atoms with E-state index in [0.717, 1.165) is 0 Å². The Kier molecular flexibility index (Phi) is 4.90. The molecule has 1 aromatic rings. The Morgan fingerprint density at radius 3 is 1.85 bits per heavy atom. The van der Waals surface area contributed by atoms with Crippen molar-refractivity contribution in [3.05, 3.63) is 29.0 Å². The van der Waals surface area contributed by atoms with Crippen LogP contribution in [0.3, 0.4) is 0 Å². The molecule has 0 bridgehead atoms. The van der Waals surface area contributed by atoms with Crippen molar-refractivity contribution in [1.29, 1.82) is 0 Å². The number of pyridine rings is 1. The molecule has 0 aliphatic heterocycles. The molecule has 0 atom stereocenters. The van der Waals surface area contributed by atoms with Crippen molar-refractivity contribution < 1.29 is 26.5 Å². The van der Waals surface area contributed by atoms with E-state index in [0.29, 0.717) is 9.39 Å². The molecule has 0 aliphatic carbocycles. The predicted molar refractivity (Wildman–Crippen MR) is 41.0 cm³/mol. The quantitative estimate of drug-likeness (QED) is 0.385. The van der Waals surface area contributed by atoms with Crippen LogP contribution in [0.25, 0.3) is 0 Å². The molecule has 0 radical (unpaired) electrons. The second kappa shape index (κ2) is 5.16. The van der Waals surface area contributed by atoms with Crippen LogP contribution < -0.4 is 4.79 Å². The average Bonchev–Trinajstić information content (AvgIpc) is 1.92. The van der Waals surface area contributed by atoms with E-state index < -0.39 is 7.25 Å². The van der Waals surface area contributed by atoms with Crippen molar-refractivity contribution in [2.24, 2.45) is 0 Å². The molecule has 13 heavy (non-hydrogen) atoms. The maximum absolute atomic E-state index is 12.2. The van der Waals surface area contributed by atoms with Gasteiger partial charge >= 0.3 is 7.25 Å². The predicted octanol–water partition coefficient (Wildman–Crippen LogP) is 2.77. The lowest BCUT2D eigenvalue weighted by molar-refractivity contribution is -0.852. The monoisotopic (exact) mass is 263 g/mol. The largest absolute Gasteiger partial charge is 0.673 e. The average molecular weight is 264 g/mol. The van der Waals surface area contributed by atoms with Crippen LogP contribution in [-0.2, 0) is 0 Å². The highest BCUT2D eigenvalue weighted by molar-refractivity contribution is 9.10. The van der Waals surface area contributed by atoms with Crippen molar-refractivity contribution in [2.45, 2.75) is 0 Å². The van der Waals surface area contributed by atoms with Gasteiger partial charge in [-0.3, -0.25) is 0 Å². The normalized spacial score (nSPS) is 10.3. The number of aromatic nitrogens is 1. The molecule has 0 aliphatic rings. The highest BCUT2D eigenvalue weighted by Crippen LogP contribution is 2.06. The summed E-state index contributed by atoms with van der Waals surface area (Å²) in [6.45, 7) is 0. The van der Waals surface area contributed by atoms with Crippen LogP contribution >= 0.6 is 15.9 Å². The fraction of sp³-hybridized carbons (Fsp3) is 0. The topological polar surface area (TPSA) is 3.88 Å². The van der Waals surface area contributed by atoms with E-state index >= 15 is 0 Å². The van der Waals surface area contributed by atoms with Gasteiger partial charge in [0.05, 0.1) is 4.48 Å². The van der Waals surface area contributed by atoms with E-state index in [1.54, 1.807) is 18.2 Å². The molecule has 1 heterocycles. The molecule has 0 amide bonds. The smallest absolute Gasteiger partial charge is 0.418 e. The zero-order chi connectivity index (χ0) is 10.5. The van der Waals surface area contributed by atoms with Crippen LogP contribution in [0.1, 0.15) is 0 Å². The number of halogens is 6. The molecular formula is C5H4BBrF5N. The molecule has 74 valence electrons. The van der Waals surface area contributed by atoms with Gasteiger partial charge in [0.1, 0.15) is 0 Å². The molecule has 0 N–H and O–H groups in total. The lowest BCUT2D eigenvalue weighted by Crippen LogP contribution is -2.22. The minimum atomic E-state index is -6.00. The number of rotatable bonds is 0. The zero-order valence-corrected chi connectivity index (χ0v) is 7.69. The molecule has 0 aromatic carbocycles. The third kappa shape index (κ3) is 9.26. The molecule has 1 aromatic heterocycles. The van der Waals surface area contributed by atoms with Crippen molar-refractivity contribution in [3.8, 4) is 0 Å². The highest BCUT2D eigenvalue weighted by Gasteiger charge is 2.20. The van der Waals surface area contributed by atoms with Gasteiger partial charge in [0.15, 0.2) is 0 Å².